The van der Waals surface area contributed by atoms with Crippen LogP contribution in [0.2, 0.25) is 0 Å². The Kier molecular flexibility index (Phi) is 3.71. The predicted molar refractivity (Wildman–Crippen MR) is 76.3 cm³/mol. The third-order valence-corrected chi connectivity index (χ3v) is 3.75. The lowest BCUT2D eigenvalue weighted by molar-refractivity contribution is -0.143. The van der Waals surface area contributed by atoms with Crippen molar-refractivity contribution in [1.82, 2.24) is 14.1 Å². The molecule has 0 fully saturated rings. The van der Waals surface area contributed by atoms with Gasteiger partial charge in [0.15, 0.2) is 0 Å². The number of aromatic nitrogens is 2. The fourth-order valence-corrected chi connectivity index (χ4v) is 2.44. The largest absolute Gasteiger partial charge is 0.468 e. The van der Waals surface area contributed by atoms with Crippen LogP contribution >= 0.6 is 0 Å². The molecule has 21 heavy (non-hydrogen) atoms. The molecule has 1 aromatic rings. The molecule has 2 heterocycles. The molecule has 0 N–H and O–H groups in total. The normalized spacial score (nSPS) is 17.9. The Morgan fingerprint density at radius 1 is 1.24 bits per heavy atom. The molecule has 0 unspecified atom stereocenters. The van der Waals surface area contributed by atoms with Crippen LogP contribution in [0.1, 0.15) is 11.3 Å². The molecule has 114 valence electrons. The maximum absolute atomic E-state index is 12.4. The molecule has 0 radical (unpaired) electrons. The van der Waals surface area contributed by atoms with Gasteiger partial charge >= 0.3 is 11.7 Å². The Balaban J connectivity index is 2.72. The molecule has 0 saturated heterocycles. The summed E-state index contributed by atoms with van der Waals surface area (Å²) in [6.07, 6.45) is 0. The van der Waals surface area contributed by atoms with Gasteiger partial charge in [-0.2, -0.15) is 5.10 Å². The van der Waals surface area contributed by atoms with E-state index in [1.54, 1.807) is 26.0 Å². The molecule has 0 spiro atoms. The van der Waals surface area contributed by atoms with E-state index in [2.05, 4.69) is 5.10 Å². The molecule has 8 nitrogen and oxygen atoms in total. The van der Waals surface area contributed by atoms with Crippen LogP contribution in [0.4, 0.5) is 0 Å². The first kappa shape index (κ1) is 15.0. The number of hydrogen-bond acceptors (Lipinski definition) is 6. The number of carbonyl (C=O) groups excluding carboxylic acids is 1. The molecule has 0 bridgehead atoms. The number of rotatable bonds is 2. The van der Waals surface area contributed by atoms with Crippen molar-refractivity contribution >= 4 is 11.7 Å². The highest BCUT2D eigenvalue weighted by Crippen LogP contribution is 2.19. The molecule has 1 atom stereocenters. The van der Waals surface area contributed by atoms with Crippen molar-refractivity contribution in [1.29, 1.82) is 0 Å². The van der Waals surface area contributed by atoms with Gasteiger partial charge in [0.25, 0.3) is 5.56 Å². The third-order valence-electron chi connectivity index (χ3n) is 3.75. The summed E-state index contributed by atoms with van der Waals surface area (Å²) in [5.41, 5.74) is 0.227. The number of esters is 1. The smallest absolute Gasteiger partial charge is 0.330 e. The van der Waals surface area contributed by atoms with Crippen LogP contribution in [0.3, 0.4) is 0 Å². The average molecular weight is 294 g/mol. The minimum absolute atomic E-state index is 0.277. The quantitative estimate of drug-likeness (QED) is 0.642. The lowest BCUT2D eigenvalue weighted by atomic mass is 9.97. The summed E-state index contributed by atoms with van der Waals surface area (Å²) in [4.78, 5) is 36.2. The van der Waals surface area contributed by atoms with Crippen molar-refractivity contribution in [2.45, 2.75) is 6.92 Å². The van der Waals surface area contributed by atoms with Crippen molar-refractivity contribution in [3.63, 3.8) is 0 Å². The van der Waals surface area contributed by atoms with Crippen LogP contribution in [0, 0.1) is 12.8 Å². The zero-order valence-corrected chi connectivity index (χ0v) is 12.7. The molecule has 1 aromatic heterocycles. The van der Waals surface area contributed by atoms with Crippen LogP contribution < -0.4 is 11.2 Å². The van der Waals surface area contributed by atoms with E-state index >= 15 is 0 Å². The van der Waals surface area contributed by atoms with Crippen LogP contribution in [-0.2, 0) is 23.6 Å². The molecule has 0 saturated carbocycles. The molecular weight excluding hydrogens is 276 g/mol. The van der Waals surface area contributed by atoms with Gasteiger partial charge in [-0.05, 0) is 6.92 Å². The monoisotopic (exact) mass is 294 g/mol. The van der Waals surface area contributed by atoms with E-state index in [0.717, 1.165) is 4.57 Å². The molecule has 1 aliphatic rings. The minimum Gasteiger partial charge on any atom is -0.468 e. The summed E-state index contributed by atoms with van der Waals surface area (Å²) in [6.45, 7) is 2.00. The number of hydrazone groups is 1. The first-order chi connectivity index (χ1) is 9.79. The lowest BCUT2D eigenvalue weighted by Gasteiger charge is -2.14. The van der Waals surface area contributed by atoms with E-state index in [1.807, 2.05) is 0 Å². The summed E-state index contributed by atoms with van der Waals surface area (Å²) in [5, 5.41) is 5.85. The van der Waals surface area contributed by atoms with Gasteiger partial charge in [0.2, 0.25) is 0 Å². The number of methoxy groups -OCH3 is 1. The van der Waals surface area contributed by atoms with Gasteiger partial charge in [-0.1, -0.05) is 0 Å². The standard InChI is InChI=1S/C13H18N4O4/c1-7-9(11(18)17(4)13(20)16(7)3)10-8(12(19)21-5)6-15(2)14-10/h8H,6H2,1-5H3/t8-/m1/s1. The van der Waals surface area contributed by atoms with Gasteiger partial charge in [-0.25, -0.2) is 4.79 Å². The SMILES string of the molecule is COC(=O)[C@@H]1CN(C)N=C1c1c(C)n(C)c(=O)n(C)c1=O. The highest BCUT2D eigenvalue weighted by Gasteiger charge is 2.36. The van der Waals surface area contributed by atoms with Crippen LogP contribution in [-0.4, -0.2) is 46.5 Å². The third kappa shape index (κ3) is 2.26. The van der Waals surface area contributed by atoms with Gasteiger partial charge < -0.3 is 9.30 Å². The molecule has 2 rings (SSSR count). The number of carbonyl (C=O) groups is 1. The van der Waals surface area contributed by atoms with Crippen molar-refractivity contribution in [2.75, 3.05) is 20.7 Å². The maximum atomic E-state index is 12.4. The Morgan fingerprint density at radius 3 is 2.43 bits per heavy atom. The van der Waals surface area contributed by atoms with Crippen molar-refractivity contribution < 1.29 is 9.53 Å². The number of nitrogens with zero attached hydrogens (tertiary/aromatic N) is 4. The van der Waals surface area contributed by atoms with E-state index in [-0.39, 0.29) is 5.56 Å². The Hall–Kier alpha value is -2.38. The maximum Gasteiger partial charge on any atom is 0.330 e. The van der Waals surface area contributed by atoms with Crippen molar-refractivity contribution in [3.8, 4) is 0 Å². The zero-order valence-electron chi connectivity index (χ0n) is 12.7. The Morgan fingerprint density at radius 2 is 1.86 bits per heavy atom. The van der Waals surface area contributed by atoms with Crippen LogP contribution in [0.5, 0.6) is 0 Å². The number of hydrogen-bond donors (Lipinski definition) is 0. The lowest BCUT2D eigenvalue weighted by Crippen LogP contribution is -2.43. The summed E-state index contributed by atoms with van der Waals surface area (Å²) in [5.74, 6) is -1.09. The topological polar surface area (TPSA) is 85.9 Å². The fourth-order valence-electron chi connectivity index (χ4n) is 2.44. The van der Waals surface area contributed by atoms with Crippen LogP contribution in [0.25, 0.3) is 0 Å². The number of ether oxygens (including phenoxy) is 1. The second-order valence-electron chi connectivity index (χ2n) is 5.07. The summed E-state index contributed by atoms with van der Waals surface area (Å²) < 4.78 is 7.15. The van der Waals surface area contributed by atoms with E-state index < -0.39 is 23.1 Å². The average Bonchev–Trinajstić information content (AvgIpc) is 2.84. The van der Waals surface area contributed by atoms with Crippen molar-refractivity contribution in [2.24, 2.45) is 25.1 Å². The van der Waals surface area contributed by atoms with Crippen molar-refractivity contribution in [3.05, 3.63) is 32.1 Å². The summed E-state index contributed by atoms with van der Waals surface area (Å²) >= 11 is 0. The Bertz CT molecular complexity index is 744. The zero-order chi connectivity index (χ0) is 15.9. The predicted octanol–water partition coefficient (Wildman–Crippen LogP) is -1.17. The minimum atomic E-state index is -0.635. The molecule has 0 aliphatic carbocycles. The highest BCUT2D eigenvalue weighted by atomic mass is 16.5. The first-order valence-corrected chi connectivity index (χ1v) is 6.44. The second-order valence-corrected chi connectivity index (χ2v) is 5.07. The molecule has 8 heteroatoms. The fraction of sp³-hybridized carbons (Fsp3) is 0.538. The van der Waals surface area contributed by atoms with E-state index in [4.69, 9.17) is 4.74 Å². The Labute approximate surface area is 121 Å². The first-order valence-electron chi connectivity index (χ1n) is 6.44. The van der Waals surface area contributed by atoms with E-state index in [0.29, 0.717) is 18.0 Å². The van der Waals surface area contributed by atoms with E-state index in [9.17, 15) is 14.4 Å². The van der Waals surface area contributed by atoms with Gasteiger partial charge in [0, 0.05) is 26.8 Å². The molecule has 1 aliphatic heterocycles. The van der Waals surface area contributed by atoms with E-state index in [1.165, 1.54) is 18.7 Å². The van der Waals surface area contributed by atoms with Gasteiger partial charge in [-0.3, -0.25) is 19.2 Å². The van der Waals surface area contributed by atoms with Crippen LogP contribution in [0.15, 0.2) is 14.7 Å². The van der Waals surface area contributed by atoms with Gasteiger partial charge in [0.05, 0.1) is 24.9 Å². The molecular formula is C13H18N4O4. The molecule has 0 amide bonds. The second kappa shape index (κ2) is 5.19. The summed E-state index contributed by atoms with van der Waals surface area (Å²) in [7, 11) is 5.99. The van der Waals surface area contributed by atoms with Gasteiger partial charge in [0.1, 0.15) is 5.92 Å². The summed E-state index contributed by atoms with van der Waals surface area (Å²) in [6, 6.07) is 0. The van der Waals surface area contributed by atoms with Gasteiger partial charge in [-0.15, -0.1) is 0 Å². The molecule has 0 aromatic carbocycles. The highest BCUT2D eigenvalue weighted by molar-refractivity contribution is 6.13.